The van der Waals surface area contributed by atoms with Crippen LogP contribution in [0.2, 0.25) is 0 Å². The topological polar surface area (TPSA) is 87.3 Å². The van der Waals surface area contributed by atoms with Crippen molar-refractivity contribution in [1.29, 1.82) is 0 Å². The van der Waals surface area contributed by atoms with Crippen LogP contribution in [0.4, 0.5) is 11.4 Å². The van der Waals surface area contributed by atoms with E-state index in [0.717, 1.165) is 20.3 Å². The molecule has 32 heavy (non-hydrogen) atoms. The lowest BCUT2D eigenvalue weighted by atomic mass is 10.1. The van der Waals surface area contributed by atoms with Crippen LogP contribution in [0.25, 0.3) is 0 Å². The van der Waals surface area contributed by atoms with Crippen molar-refractivity contribution >= 4 is 67.2 Å². The number of carbonyl (C=O) groups excluding carboxylic acids is 1. The average molecular weight is 579 g/mol. The molecule has 3 rings (SSSR count). The number of carbonyl (C=O) groups is 1. The number of hydrogen-bond acceptors (Lipinski definition) is 4. The van der Waals surface area contributed by atoms with Crippen LogP contribution in [0, 0.1) is 24.3 Å². The molecular weight excluding hydrogens is 557 g/mol. The molecule has 0 radical (unpaired) electrons. The number of halogens is 1. The van der Waals surface area contributed by atoms with Gasteiger partial charge in [0.15, 0.2) is 5.11 Å². The molecule has 0 aliphatic rings. The first-order valence-electron chi connectivity index (χ1n) is 9.64. The number of amides is 1. The summed E-state index contributed by atoms with van der Waals surface area (Å²) in [5.41, 5.74) is 4.74. The summed E-state index contributed by atoms with van der Waals surface area (Å²) in [4.78, 5) is 12.5. The van der Waals surface area contributed by atoms with Crippen molar-refractivity contribution in [3.8, 4) is 0 Å². The number of rotatable bonds is 5. The normalized spacial score (nSPS) is 11.0. The molecule has 0 atom stereocenters. The minimum atomic E-state index is -3.73. The summed E-state index contributed by atoms with van der Waals surface area (Å²) in [7, 11) is -3.73. The molecule has 6 nitrogen and oxygen atoms in total. The molecule has 0 unspecified atom stereocenters. The highest BCUT2D eigenvalue weighted by Crippen LogP contribution is 2.20. The van der Waals surface area contributed by atoms with Crippen LogP contribution in [0.5, 0.6) is 0 Å². The molecule has 0 saturated heterocycles. The van der Waals surface area contributed by atoms with E-state index in [1.54, 1.807) is 36.4 Å². The molecule has 0 aliphatic carbocycles. The van der Waals surface area contributed by atoms with Gasteiger partial charge in [0.25, 0.3) is 15.9 Å². The van der Waals surface area contributed by atoms with E-state index in [4.69, 9.17) is 12.2 Å². The van der Waals surface area contributed by atoms with Crippen LogP contribution in [0.3, 0.4) is 0 Å². The number of aryl methyl sites for hydroxylation is 3. The Morgan fingerprint density at radius 3 is 2.09 bits per heavy atom. The van der Waals surface area contributed by atoms with Gasteiger partial charge in [0.1, 0.15) is 0 Å². The number of hydrogen-bond donors (Lipinski definition) is 3. The smallest absolute Gasteiger partial charge is 0.261 e. The number of nitrogens with one attached hydrogen (secondary N) is 3. The van der Waals surface area contributed by atoms with Gasteiger partial charge in [-0.25, -0.2) is 8.42 Å². The molecule has 0 fully saturated rings. The minimum absolute atomic E-state index is 0.116. The minimum Gasteiger partial charge on any atom is -0.332 e. The number of anilines is 2. The molecular formula is C23H22IN3O3S2. The van der Waals surface area contributed by atoms with Crippen molar-refractivity contribution in [2.24, 2.45) is 0 Å². The second-order valence-electron chi connectivity index (χ2n) is 7.30. The van der Waals surface area contributed by atoms with Gasteiger partial charge in [0, 0.05) is 20.5 Å². The van der Waals surface area contributed by atoms with Crippen LogP contribution in [-0.4, -0.2) is 19.4 Å². The van der Waals surface area contributed by atoms with Gasteiger partial charge in [-0.15, -0.1) is 0 Å². The first-order valence-corrected chi connectivity index (χ1v) is 12.6. The maximum atomic E-state index is 12.7. The molecule has 0 saturated carbocycles. The maximum absolute atomic E-state index is 12.7. The van der Waals surface area contributed by atoms with Gasteiger partial charge < -0.3 is 5.32 Å². The maximum Gasteiger partial charge on any atom is 0.261 e. The Labute approximate surface area is 207 Å². The first kappa shape index (κ1) is 24.1. The van der Waals surface area contributed by atoms with Crippen molar-refractivity contribution < 1.29 is 13.2 Å². The Balaban J connectivity index is 1.64. The van der Waals surface area contributed by atoms with Crippen LogP contribution in [0.1, 0.15) is 27.0 Å². The Morgan fingerprint density at radius 2 is 1.47 bits per heavy atom. The van der Waals surface area contributed by atoms with Crippen molar-refractivity contribution in [3.63, 3.8) is 0 Å². The Bertz CT molecular complexity index is 1290. The van der Waals surface area contributed by atoms with Crippen molar-refractivity contribution in [3.05, 3.63) is 86.5 Å². The molecule has 0 aliphatic heterocycles. The van der Waals surface area contributed by atoms with Crippen molar-refractivity contribution in [1.82, 2.24) is 5.32 Å². The van der Waals surface area contributed by atoms with Crippen molar-refractivity contribution in [2.45, 2.75) is 25.7 Å². The van der Waals surface area contributed by atoms with E-state index in [-0.39, 0.29) is 15.9 Å². The van der Waals surface area contributed by atoms with Gasteiger partial charge in [-0.2, -0.15) is 0 Å². The molecule has 3 aromatic rings. The van der Waals surface area contributed by atoms with E-state index in [1.807, 2.05) is 32.9 Å². The fraction of sp³-hybridized carbons (Fsp3) is 0.130. The highest BCUT2D eigenvalue weighted by molar-refractivity contribution is 14.1. The van der Waals surface area contributed by atoms with Gasteiger partial charge in [0.2, 0.25) is 0 Å². The lowest BCUT2D eigenvalue weighted by Gasteiger charge is -2.12. The quantitative estimate of drug-likeness (QED) is 0.288. The molecule has 0 aromatic heterocycles. The molecule has 1 amide bonds. The van der Waals surface area contributed by atoms with Crippen molar-refractivity contribution in [2.75, 3.05) is 10.0 Å². The van der Waals surface area contributed by atoms with Crippen LogP contribution in [0.15, 0.2) is 65.6 Å². The van der Waals surface area contributed by atoms with Gasteiger partial charge in [-0.05, 0) is 121 Å². The molecule has 0 spiro atoms. The third-order valence-corrected chi connectivity index (χ3v) is 7.61. The Kier molecular flexibility index (Phi) is 7.52. The third kappa shape index (κ3) is 6.05. The zero-order chi connectivity index (χ0) is 23.5. The fourth-order valence-electron chi connectivity index (χ4n) is 2.81. The zero-order valence-electron chi connectivity index (χ0n) is 17.7. The molecule has 3 aromatic carbocycles. The Morgan fingerprint density at radius 1 is 0.844 bits per heavy atom. The summed E-state index contributed by atoms with van der Waals surface area (Å²) in [6, 6.07) is 16.9. The van der Waals surface area contributed by atoms with E-state index in [2.05, 4.69) is 37.9 Å². The van der Waals surface area contributed by atoms with Gasteiger partial charge in [0.05, 0.1) is 4.90 Å². The predicted molar refractivity (Wildman–Crippen MR) is 141 cm³/mol. The largest absolute Gasteiger partial charge is 0.332 e. The second-order valence-corrected chi connectivity index (χ2v) is 10.6. The highest BCUT2D eigenvalue weighted by atomic mass is 127. The third-order valence-electron chi connectivity index (χ3n) is 4.84. The summed E-state index contributed by atoms with van der Waals surface area (Å²) >= 11 is 7.38. The highest BCUT2D eigenvalue weighted by Gasteiger charge is 2.15. The van der Waals surface area contributed by atoms with E-state index < -0.39 is 10.0 Å². The monoisotopic (exact) mass is 579 g/mol. The summed E-state index contributed by atoms with van der Waals surface area (Å²) in [5, 5.41) is 5.64. The molecule has 3 N–H and O–H groups in total. The molecule has 0 bridgehead atoms. The van der Waals surface area contributed by atoms with Gasteiger partial charge in [-0.1, -0.05) is 12.1 Å². The summed E-state index contributed by atoms with van der Waals surface area (Å²) < 4.78 is 28.9. The van der Waals surface area contributed by atoms with E-state index in [0.29, 0.717) is 16.9 Å². The van der Waals surface area contributed by atoms with Crippen LogP contribution < -0.4 is 15.4 Å². The average Bonchev–Trinajstić information content (AvgIpc) is 2.73. The number of thiocarbonyl (C=S) groups is 1. The SMILES string of the molecule is Cc1ccc(NS(=O)(=O)c2ccc(NC(=S)NC(=O)c3ccc(C)c(I)c3)cc2)cc1C. The molecule has 166 valence electrons. The summed E-state index contributed by atoms with van der Waals surface area (Å²) in [6.07, 6.45) is 0. The van der Waals surface area contributed by atoms with E-state index in [1.165, 1.54) is 12.1 Å². The van der Waals surface area contributed by atoms with Crippen LogP contribution >= 0.6 is 34.8 Å². The van der Waals surface area contributed by atoms with Crippen LogP contribution in [-0.2, 0) is 10.0 Å². The first-order chi connectivity index (χ1) is 15.0. The van der Waals surface area contributed by atoms with E-state index in [9.17, 15) is 13.2 Å². The summed E-state index contributed by atoms with van der Waals surface area (Å²) in [6.45, 7) is 5.86. The Hall–Kier alpha value is -2.50. The number of benzene rings is 3. The zero-order valence-corrected chi connectivity index (χ0v) is 21.5. The fourth-order valence-corrected chi connectivity index (χ4v) is 4.58. The summed E-state index contributed by atoms with van der Waals surface area (Å²) in [5.74, 6) is -0.322. The van der Waals surface area contributed by atoms with E-state index >= 15 is 0 Å². The molecule has 0 heterocycles. The lowest BCUT2D eigenvalue weighted by molar-refractivity contribution is 0.0977. The standard InChI is InChI=1S/C23H22IN3O3S2/c1-14-5-7-19(12-16(14)3)27-32(29,30)20-10-8-18(9-11-20)25-23(31)26-22(28)17-6-4-15(2)21(24)13-17/h4-13,27H,1-3H3,(H2,25,26,28,31). The second kappa shape index (κ2) is 9.97. The predicted octanol–water partition coefficient (Wildman–Crippen LogP) is 5.14. The van der Waals surface area contributed by atoms with Gasteiger partial charge >= 0.3 is 0 Å². The molecule has 9 heteroatoms. The lowest BCUT2D eigenvalue weighted by Crippen LogP contribution is -2.34. The van der Waals surface area contributed by atoms with Gasteiger partial charge in [-0.3, -0.25) is 14.8 Å². The number of sulfonamides is 1.